The molecule has 0 unspecified atom stereocenters. The van der Waals surface area contributed by atoms with E-state index in [0.717, 1.165) is 11.3 Å². The smallest absolute Gasteiger partial charge is 0.261 e. The lowest BCUT2D eigenvalue weighted by atomic mass is 10.2. The molecule has 0 aliphatic rings. The molecule has 4 rings (SSSR count). The Morgan fingerprint density at radius 3 is 1.78 bits per heavy atom. The van der Waals surface area contributed by atoms with Gasteiger partial charge in [-0.3, -0.25) is 0 Å². The molecule has 5 heteroatoms. The summed E-state index contributed by atoms with van der Waals surface area (Å²) in [5.74, 6) is 0. The van der Waals surface area contributed by atoms with E-state index in [2.05, 4.69) is 69.3 Å². The Balaban J connectivity index is 1.83. The molecule has 0 N–H and O–H groups in total. The maximum atomic E-state index is 7.05. The fraction of sp³-hybridized carbons (Fsp3) is 0.185. The van der Waals surface area contributed by atoms with Gasteiger partial charge in [-0.2, -0.15) is 0 Å². The molecule has 4 aromatic rings. The molecule has 0 atom stereocenters. The molecular weight excluding hydrogens is 453 g/mol. The topological polar surface area (TPSA) is 14.2 Å². The van der Waals surface area contributed by atoms with Gasteiger partial charge in [0.1, 0.15) is 0 Å². The zero-order chi connectivity index (χ0) is 22.8. The van der Waals surface area contributed by atoms with Crippen molar-refractivity contribution in [3.05, 3.63) is 113 Å². The zero-order valence-electron chi connectivity index (χ0n) is 18.6. The first-order valence-corrected chi connectivity index (χ1v) is 13.4. The van der Waals surface area contributed by atoms with Crippen LogP contribution in [0.4, 0.5) is 0 Å². The third kappa shape index (κ3) is 4.18. The summed E-state index contributed by atoms with van der Waals surface area (Å²) in [5, 5.41) is 3.57. The Hall–Kier alpha value is -2.30. The average molecular weight is 481 g/mol. The molecule has 164 valence electrons. The summed E-state index contributed by atoms with van der Waals surface area (Å²) in [6.45, 7) is 7.12. The number of nitrogens with zero attached hydrogens (tertiary/aromatic N) is 1. The zero-order valence-corrected chi connectivity index (χ0v) is 21.1. The van der Waals surface area contributed by atoms with Gasteiger partial charge in [-0.1, -0.05) is 105 Å². The fourth-order valence-corrected chi connectivity index (χ4v) is 9.45. The summed E-state index contributed by atoms with van der Waals surface area (Å²) in [5.41, 5.74) is 1.70. The largest absolute Gasteiger partial charge is 0.403 e. The van der Waals surface area contributed by atoms with Crippen LogP contribution in [0.5, 0.6) is 0 Å². The molecule has 0 radical (unpaired) electrons. The van der Waals surface area contributed by atoms with E-state index in [-0.39, 0.29) is 5.04 Å². The van der Waals surface area contributed by atoms with E-state index < -0.39 is 8.32 Å². The summed E-state index contributed by atoms with van der Waals surface area (Å²) in [6.07, 6.45) is 3.95. The Bertz CT molecular complexity index is 1130. The van der Waals surface area contributed by atoms with Crippen LogP contribution in [0.15, 0.2) is 97.3 Å². The second-order valence-electron chi connectivity index (χ2n) is 8.90. The molecule has 0 spiro atoms. The Morgan fingerprint density at radius 2 is 1.28 bits per heavy atom. The minimum atomic E-state index is -2.69. The molecule has 1 heterocycles. The van der Waals surface area contributed by atoms with Crippen LogP contribution in [0, 0.1) is 0 Å². The maximum Gasteiger partial charge on any atom is 0.261 e. The SMILES string of the molecule is CC(C)(C)[Si](OCc1c(Cl)ccc(-n2cccc2)c1Cl)(c1ccccc1)c1ccccc1. The van der Waals surface area contributed by atoms with Crippen molar-refractivity contribution in [1.29, 1.82) is 0 Å². The lowest BCUT2D eigenvalue weighted by molar-refractivity contribution is 0.286. The van der Waals surface area contributed by atoms with Gasteiger partial charge in [0.2, 0.25) is 0 Å². The van der Waals surface area contributed by atoms with Gasteiger partial charge in [0.15, 0.2) is 0 Å². The highest BCUT2D eigenvalue weighted by atomic mass is 35.5. The lowest BCUT2D eigenvalue weighted by Crippen LogP contribution is -2.66. The molecule has 0 aliphatic heterocycles. The number of hydrogen-bond acceptors (Lipinski definition) is 1. The van der Waals surface area contributed by atoms with E-state index in [1.807, 2.05) is 53.4 Å². The molecule has 0 aliphatic carbocycles. The van der Waals surface area contributed by atoms with Crippen LogP contribution in [0.3, 0.4) is 0 Å². The van der Waals surface area contributed by atoms with Crippen LogP contribution in [0.2, 0.25) is 15.1 Å². The van der Waals surface area contributed by atoms with Crippen LogP contribution in [0.25, 0.3) is 5.69 Å². The monoisotopic (exact) mass is 479 g/mol. The Kier molecular flexibility index (Phi) is 6.64. The predicted molar refractivity (Wildman–Crippen MR) is 138 cm³/mol. The van der Waals surface area contributed by atoms with Crippen LogP contribution >= 0.6 is 23.2 Å². The van der Waals surface area contributed by atoms with Crippen molar-refractivity contribution in [3.8, 4) is 5.69 Å². The number of rotatable bonds is 6. The molecule has 0 fully saturated rings. The summed E-state index contributed by atoms with van der Waals surface area (Å²) >= 11 is 13.5. The van der Waals surface area contributed by atoms with Gasteiger partial charge in [-0.05, 0) is 39.7 Å². The van der Waals surface area contributed by atoms with Gasteiger partial charge in [0, 0.05) is 23.0 Å². The molecule has 3 aromatic carbocycles. The highest BCUT2D eigenvalue weighted by molar-refractivity contribution is 6.99. The van der Waals surface area contributed by atoms with Crippen LogP contribution < -0.4 is 10.4 Å². The highest BCUT2D eigenvalue weighted by Crippen LogP contribution is 2.39. The van der Waals surface area contributed by atoms with Crippen molar-refractivity contribution in [2.45, 2.75) is 32.4 Å². The van der Waals surface area contributed by atoms with Crippen LogP contribution in [-0.2, 0) is 11.0 Å². The van der Waals surface area contributed by atoms with Crippen molar-refractivity contribution in [1.82, 2.24) is 4.57 Å². The molecule has 1 aromatic heterocycles. The van der Waals surface area contributed by atoms with Crippen molar-refractivity contribution in [2.75, 3.05) is 0 Å². The lowest BCUT2D eigenvalue weighted by Gasteiger charge is -2.43. The fourth-order valence-electron chi connectivity index (χ4n) is 4.35. The number of benzene rings is 3. The molecule has 0 bridgehead atoms. The van der Waals surface area contributed by atoms with Crippen molar-refractivity contribution in [2.24, 2.45) is 0 Å². The second kappa shape index (κ2) is 9.28. The van der Waals surface area contributed by atoms with E-state index in [1.165, 1.54) is 10.4 Å². The molecule has 32 heavy (non-hydrogen) atoms. The van der Waals surface area contributed by atoms with Crippen molar-refractivity contribution in [3.63, 3.8) is 0 Å². The van der Waals surface area contributed by atoms with Crippen molar-refractivity contribution >= 4 is 41.9 Å². The number of halogens is 2. The molecular formula is C27H27Cl2NOSi. The number of hydrogen-bond donors (Lipinski definition) is 0. The van der Waals surface area contributed by atoms with Crippen molar-refractivity contribution < 1.29 is 4.43 Å². The maximum absolute atomic E-state index is 7.05. The standard InChI is InChI=1S/C27H27Cl2NOSi/c1-27(2,3)32(21-12-6-4-7-13-21,22-14-8-5-9-15-22)31-20-23-24(28)16-17-25(26(23)29)30-18-10-11-19-30/h4-19H,20H2,1-3H3. The van der Waals surface area contributed by atoms with Crippen LogP contribution in [-0.4, -0.2) is 12.9 Å². The predicted octanol–water partition coefficient (Wildman–Crippen LogP) is 6.86. The average Bonchev–Trinajstić information content (AvgIpc) is 3.31. The number of aromatic nitrogens is 1. The van der Waals surface area contributed by atoms with Gasteiger partial charge in [-0.25, -0.2) is 0 Å². The first kappa shape index (κ1) is 22.9. The van der Waals surface area contributed by atoms with E-state index in [4.69, 9.17) is 27.6 Å². The van der Waals surface area contributed by atoms with Gasteiger partial charge < -0.3 is 8.99 Å². The van der Waals surface area contributed by atoms with E-state index in [0.29, 0.717) is 16.7 Å². The summed E-state index contributed by atoms with van der Waals surface area (Å²) in [4.78, 5) is 0. The minimum Gasteiger partial charge on any atom is -0.403 e. The Labute approximate surface area is 201 Å². The van der Waals surface area contributed by atoms with Gasteiger partial charge in [0.05, 0.1) is 17.3 Å². The summed E-state index contributed by atoms with van der Waals surface area (Å²) in [6, 6.07) is 29.0. The minimum absolute atomic E-state index is 0.118. The van der Waals surface area contributed by atoms with E-state index in [1.54, 1.807) is 0 Å². The molecule has 0 saturated carbocycles. The first-order valence-electron chi connectivity index (χ1n) is 10.7. The van der Waals surface area contributed by atoms with E-state index in [9.17, 15) is 0 Å². The normalized spacial score (nSPS) is 12.2. The third-order valence-corrected chi connectivity index (χ3v) is 11.7. The second-order valence-corrected chi connectivity index (χ2v) is 14.0. The van der Waals surface area contributed by atoms with Crippen LogP contribution in [0.1, 0.15) is 26.3 Å². The Morgan fingerprint density at radius 1 is 0.750 bits per heavy atom. The summed E-state index contributed by atoms with van der Waals surface area (Å²) < 4.78 is 9.04. The van der Waals surface area contributed by atoms with Gasteiger partial charge in [-0.15, -0.1) is 0 Å². The molecule has 0 amide bonds. The van der Waals surface area contributed by atoms with Gasteiger partial charge in [0.25, 0.3) is 8.32 Å². The summed E-state index contributed by atoms with van der Waals surface area (Å²) in [7, 11) is -2.69. The highest BCUT2D eigenvalue weighted by Gasteiger charge is 2.50. The quantitative estimate of drug-likeness (QED) is 0.275. The molecule has 2 nitrogen and oxygen atoms in total. The first-order chi connectivity index (χ1) is 15.3. The van der Waals surface area contributed by atoms with Gasteiger partial charge >= 0.3 is 0 Å². The third-order valence-electron chi connectivity index (χ3n) is 5.90. The molecule has 0 saturated heterocycles. The van der Waals surface area contributed by atoms with E-state index >= 15 is 0 Å².